The standard InChI is InChI=1S/C19H26N2O6/c1-5-8-26-14-7-6-13(11-15(14)25-4)17-16(12(2)20-19(23)21-17)18(22)27-10-9-24-3/h6-7,11,17H,5,8-10H2,1-4H3,(H2,20,21,23). The quantitative estimate of drug-likeness (QED) is 0.506. The number of benzene rings is 1. The normalized spacial score (nSPS) is 16.4. The van der Waals surface area contributed by atoms with Gasteiger partial charge in [0.15, 0.2) is 11.5 Å². The van der Waals surface area contributed by atoms with Crippen LogP contribution in [-0.4, -0.2) is 46.0 Å². The molecule has 0 aliphatic carbocycles. The smallest absolute Gasteiger partial charge is 0.338 e. The number of amides is 2. The molecule has 2 rings (SSSR count). The highest BCUT2D eigenvalue weighted by atomic mass is 16.6. The number of carbonyl (C=O) groups is 2. The van der Waals surface area contributed by atoms with Crippen LogP contribution in [0.25, 0.3) is 0 Å². The number of allylic oxidation sites excluding steroid dienone is 1. The highest BCUT2D eigenvalue weighted by Crippen LogP contribution is 2.34. The van der Waals surface area contributed by atoms with E-state index >= 15 is 0 Å². The summed E-state index contributed by atoms with van der Waals surface area (Å²) in [5.74, 6) is 0.610. The molecule has 2 amide bonds. The molecule has 27 heavy (non-hydrogen) atoms. The van der Waals surface area contributed by atoms with Crippen LogP contribution in [0.15, 0.2) is 29.5 Å². The minimum atomic E-state index is -0.664. The molecule has 1 aromatic carbocycles. The van der Waals surface area contributed by atoms with Crippen molar-refractivity contribution in [3.8, 4) is 11.5 Å². The molecule has 1 aromatic rings. The molecule has 148 valence electrons. The molecule has 8 heteroatoms. The molecule has 1 atom stereocenters. The molecule has 1 aliphatic heterocycles. The van der Waals surface area contributed by atoms with Crippen molar-refractivity contribution >= 4 is 12.0 Å². The predicted octanol–water partition coefficient (Wildman–Crippen LogP) is 2.30. The zero-order chi connectivity index (χ0) is 19.8. The highest BCUT2D eigenvalue weighted by Gasteiger charge is 2.32. The van der Waals surface area contributed by atoms with Crippen molar-refractivity contribution in [3.63, 3.8) is 0 Å². The SMILES string of the molecule is CCCOc1ccc(C2NC(=O)NC(C)=C2C(=O)OCCOC)cc1OC. The summed E-state index contributed by atoms with van der Waals surface area (Å²) in [4.78, 5) is 24.5. The fourth-order valence-electron chi connectivity index (χ4n) is 2.70. The third-order valence-electron chi connectivity index (χ3n) is 3.99. The predicted molar refractivity (Wildman–Crippen MR) is 98.7 cm³/mol. The second kappa shape index (κ2) is 9.82. The summed E-state index contributed by atoms with van der Waals surface area (Å²) in [5.41, 5.74) is 1.45. The van der Waals surface area contributed by atoms with E-state index in [0.29, 0.717) is 41.5 Å². The molecule has 0 radical (unpaired) electrons. The molecule has 0 bridgehead atoms. The summed E-state index contributed by atoms with van der Waals surface area (Å²) in [6, 6.07) is 4.25. The van der Waals surface area contributed by atoms with Crippen molar-refractivity contribution in [2.24, 2.45) is 0 Å². The van der Waals surface area contributed by atoms with E-state index in [-0.39, 0.29) is 6.61 Å². The van der Waals surface area contributed by atoms with Crippen LogP contribution >= 0.6 is 0 Å². The number of hydrogen-bond acceptors (Lipinski definition) is 6. The van der Waals surface area contributed by atoms with Gasteiger partial charge in [0.1, 0.15) is 6.61 Å². The summed E-state index contributed by atoms with van der Waals surface area (Å²) in [6.07, 6.45) is 0.870. The van der Waals surface area contributed by atoms with Crippen LogP contribution in [0.4, 0.5) is 4.79 Å². The van der Waals surface area contributed by atoms with Crippen molar-refractivity contribution in [2.75, 3.05) is 34.0 Å². The van der Waals surface area contributed by atoms with Crippen LogP contribution in [0, 0.1) is 0 Å². The molecule has 0 spiro atoms. The fraction of sp³-hybridized carbons (Fsp3) is 0.474. The van der Waals surface area contributed by atoms with Crippen LogP contribution in [-0.2, 0) is 14.3 Å². The van der Waals surface area contributed by atoms with Crippen LogP contribution in [0.1, 0.15) is 31.9 Å². The fourth-order valence-corrected chi connectivity index (χ4v) is 2.70. The van der Waals surface area contributed by atoms with Crippen molar-refractivity contribution < 1.29 is 28.5 Å². The Morgan fingerprint density at radius 3 is 2.59 bits per heavy atom. The van der Waals surface area contributed by atoms with Crippen LogP contribution in [0.5, 0.6) is 11.5 Å². The topological polar surface area (TPSA) is 95.1 Å². The Kier molecular flexibility index (Phi) is 7.48. The number of ether oxygens (including phenoxy) is 4. The molecule has 2 N–H and O–H groups in total. The first-order chi connectivity index (χ1) is 13.0. The molecular formula is C19H26N2O6. The van der Waals surface area contributed by atoms with E-state index in [1.54, 1.807) is 32.2 Å². The largest absolute Gasteiger partial charge is 0.493 e. The minimum absolute atomic E-state index is 0.125. The van der Waals surface area contributed by atoms with Gasteiger partial charge >= 0.3 is 12.0 Å². The van der Waals surface area contributed by atoms with Gasteiger partial charge in [0.05, 0.1) is 31.9 Å². The van der Waals surface area contributed by atoms with Crippen molar-refractivity contribution in [1.82, 2.24) is 10.6 Å². The van der Waals surface area contributed by atoms with Crippen molar-refractivity contribution in [1.29, 1.82) is 0 Å². The third-order valence-corrected chi connectivity index (χ3v) is 3.99. The number of urea groups is 1. The third kappa shape index (κ3) is 5.13. The molecule has 1 aliphatic rings. The van der Waals surface area contributed by atoms with E-state index in [0.717, 1.165) is 6.42 Å². The van der Waals surface area contributed by atoms with Gasteiger partial charge in [-0.1, -0.05) is 13.0 Å². The molecule has 1 heterocycles. The zero-order valence-electron chi connectivity index (χ0n) is 16.1. The van der Waals surface area contributed by atoms with Crippen LogP contribution in [0.3, 0.4) is 0 Å². The van der Waals surface area contributed by atoms with E-state index in [4.69, 9.17) is 18.9 Å². The molecule has 0 saturated carbocycles. The lowest BCUT2D eigenvalue weighted by Gasteiger charge is -2.28. The Morgan fingerprint density at radius 1 is 1.15 bits per heavy atom. The van der Waals surface area contributed by atoms with E-state index in [2.05, 4.69) is 10.6 Å². The first-order valence-electron chi connectivity index (χ1n) is 8.76. The summed E-state index contributed by atoms with van der Waals surface area (Å²) in [7, 11) is 3.07. The molecule has 1 unspecified atom stereocenters. The van der Waals surface area contributed by atoms with Gasteiger partial charge in [0.25, 0.3) is 0 Å². The lowest BCUT2D eigenvalue weighted by atomic mass is 9.95. The molecule has 0 fully saturated rings. The number of esters is 1. The Labute approximate surface area is 158 Å². The van der Waals surface area contributed by atoms with Crippen molar-refractivity contribution in [3.05, 3.63) is 35.0 Å². The monoisotopic (exact) mass is 378 g/mol. The molecule has 8 nitrogen and oxygen atoms in total. The molecular weight excluding hydrogens is 352 g/mol. The lowest BCUT2D eigenvalue weighted by molar-refractivity contribution is -0.140. The summed E-state index contributed by atoms with van der Waals surface area (Å²) in [5, 5.41) is 5.37. The summed E-state index contributed by atoms with van der Waals surface area (Å²) >= 11 is 0. The number of nitrogens with one attached hydrogen (secondary N) is 2. The van der Waals surface area contributed by atoms with Gasteiger partial charge in [0, 0.05) is 12.8 Å². The Balaban J connectivity index is 2.33. The van der Waals surface area contributed by atoms with Gasteiger partial charge in [-0.25, -0.2) is 9.59 Å². The van der Waals surface area contributed by atoms with Gasteiger partial charge in [0.2, 0.25) is 0 Å². The van der Waals surface area contributed by atoms with E-state index in [1.807, 2.05) is 6.92 Å². The average molecular weight is 378 g/mol. The first-order valence-corrected chi connectivity index (χ1v) is 8.76. The Morgan fingerprint density at radius 2 is 1.93 bits per heavy atom. The van der Waals surface area contributed by atoms with Gasteiger partial charge in [-0.05, 0) is 31.0 Å². The van der Waals surface area contributed by atoms with Crippen LogP contribution < -0.4 is 20.1 Å². The maximum atomic E-state index is 12.6. The van der Waals surface area contributed by atoms with Crippen molar-refractivity contribution in [2.45, 2.75) is 26.3 Å². The number of hydrogen-bond donors (Lipinski definition) is 2. The lowest BCUT2D eigenvalue weighted by Crippen LogP contribution is -2.45. The van der Waals surface area contributed by atoms with Gasteiger partial charge in [-0.3, -0.25) is 0 Å². The highest BCUT2D eigenvalue weighted by molar-refractivity contribution is 5.95. The minimum Gasteiger partial charge on any atom is -0.493 e. The number of methoxy groups -OCH3 is 2. The Hall–Kier alpha value is -2.74. The maximum Gasteiger partial charge on any atom is 0.338 e. The molecule has 0 saturated heterocycles. The Bertz CT molecular complexity index is 716. The number of carbonyl (C=O) groups excluding carboxylic acids is 2. The van der Waals surface area contributed by atoms with E-state index in [9.17, 15) is 9.59 Å². The molecule has 0 aromatic heterocycles. The first kappa shape index (κ1) is 20.6. The van der Waals surface area contributed by atoms with Gasteiger partial charge in [-0.2, -0.15) is 0 Å². The van der Waals surface area contributed by atoms with E-state index < -0.39 is 18.0 Å². The average Bonchev–Trinajstić information content (AvgIpc) is 2.65. The second-order valence-electron chi connectivity index (χ2n) is 5.96. The van der Waals surface area contributed by atoms with E-state index in [1.165, 1.54) is 7.11 Å². The maximum absolute atomic E-state index is 12.6. The zero-order valence-corrected chi connectivity index (χ0v) is 16.1. The number of rotatable bonds is 9. The summed E-state index contributed by atoms with van der Waals surface area (Å²) < 4.78 is 21.2. The second-order valence-corrected chi connectivity index (χ2v) is 5.96. The van der Waals surface area contributed by atoms with Crippen LogP contribution in [0.2, 0.25) is 0 Å². The summed E-state index contributed by atoms with van der Waals surface area (Å²) in [6.45, 7) is 4.66. The van der Waals surface area contributed by atoms with Gasteiger partial charge < -0.3 is 29.6 Å². The van der Waals surface area contributed by atoms with Gasteiger partial charge in [-0.15, -0.1) is 0 Å².